The highest BCUT2D eigenvalue weighted by Gasteiger charge is 2.07. The van der Waals surface area contributed by atoms with E-state index in [2.05, 4.69) is 0 Å². The van der Waals surface area contributed by atoms with Gasteiger partial charge in [-0.2, -0.15) is 5.26 Å². The van der Waals surface area contributed by atoms with E-state index in [1.54, 1.807) is 36.4 Å². The Kier molecular flexibility index (Phi) is 3.68. The summed E-state index contributed by atoms with van der Waals surface area (Å²) in [6.45, 7) is 0. The quantitative estimate of drug-likeness (QED) is 0.796. The van der Waals surface area contributed by atoms with Crippen LogP contribution in [0.5, 0.6) is 0 Å². The molecule has 4 heteroatoms. The molecule has 17 heavy (non-hydrogen) atoms. The highest BCUT2D eigenvalue weighted by molar-refractivity contribution is 7.99. The van der Waals surface area contributed by atoms with E-state index in [1.165, 1.54) is 17.8 Å². The minimum absolute atomic E-state index is 0.295. The fraction of sp³-hybridized carbons (Fsp3) is 0. The van der Waals surface area contributed by atoms with Crippen LogP contribution in [0.25, 0.3) is 0 Å². The zero-order chi connectivity index (χ0) is 12.3. The fourth-order valence-electron chi connectivity index (χ4n) is 1.32. The molecule has 0 unspecified atom stereocenters. The highest BCUT2D eigenvalue weighted by atomic mass is 35.5. The summed E-state index contributed by atoms with van der Waals surface area (Å²) in [5.41, 5.74) is 0.450. The van der Waals surface area contributed by atoms with Crippen LogP contribution >= 0.6 is 23.4 Å². The van der Waals surface area contributed by atoms with E-state index in [-0.39, 0.29) is 5.82 Å². The molecule has 0 bridgehead atoms. The Morgan fingerprint density at radius 1 is 1.12 bits per heavy atom. The van der Waals surface area contributed by atoms with Gasteiger partial charge in [-0.1, -0.05) is 35.5 Å². The third kappa shape index (κ3) is 2.79. The summed E-state index contributed by atoms with van der Waals surface area (Å²) >= 11 is 7.01. The molecule has 0 atom stereocenters. The van der Waals surface area contributed by atoms with E-state index in [1.807, 2.05) is 6.07 Å². The molecule has 84 valence electrons. The van der Waals surface area contributed by atoms with Gasteiger partial charge in [0.2, 0.25) is 0 Å². The molecule has 0 saturated carbocycles. The number of hydrogen-bond donors (Lipinski definition) is 0. The first kappa shape index (κ1) is 12.0. The molecule has 1 nitrogen and oxygen atoms in total. The van der Waals surface area contributed by atoms with Gasteiger partial charge in [0.05, 0.1) is 5.56 Å². The maximum absolute atomic E-state index is 13.5. The van der Waals surface area contributed by atoms with E-state index in [0.717, 1.165) is 0 Å². The molecule has 0 amide bonds. The van der Waals surface area contributed by atoms with Crippen LogP contribution in [-0.2, 0) is 0 Å². The van der Waals surface area contributed by atoms with Crippen molar-refractivity contribution < 1.29 is 4.39 Å². The zero-order valence-electron chi connectivity index (χ0n) is 8.65. The van der Waals surface area contributed by atoms with Crippen LogP contribution in [-0.4, -0.2) is 0 Å². The van der Waals surface area contributed by atoms with Crippen molar-refractivity contribution in [2.45, 2.75) is 9.79 Å². The first-order valence-corrected chi connectivity index (χ1v) is 6.02. The maximum atomic E-state index is 13.5. The lowest BCUT2D eigenvalue weighted by Crippen LogP contribution is -1.84. The Labute approximate surface area is 108 Å². The van der Waals surface area contributed by atoms with Crippen LogP contribution in [0, 0.1) is 17.1 Å². The topological polar surface area (TPSA) is 23.8 Å². The van der Waals surface area contributed by atoms with Gasteiger partial charge in [0.1, 0.15) is 11.9 Å². The van der Waals surface area contributed by atoms with Gasteiger partial charge in [-0.15, -0.1) is 0 Å². The van der Waals surface area contributed by atoms with Crippen LogP contribution in [0.4, 0.5) is 4.39 Å². The van der Waals surface area contributed by atoms with Crippen LogP contribution < -0.4 is 0 Å². The Morgan fingerprint density at radius 2 is 1.88 bits per heavy atom. The number of halogens is 2. The standard InChI is InChI=1S/C13H7ClFNS/c14-10-5-6-12(9(7-10)8-16)17-13-4-2-1-3-11(13)15/h1-7H. The second kappa shape index (κ2) is 5.22. The lowest BCUT2D eigenvalue weighted by molar-refractivity contribution is 0.602. The molecule has 2 rings (SSSR count). The van der Waals surface area contributed by atoms with Crippen molar-refractivity contribution in [2.24, 2.45) is 0 Å². The summed E-state index contributed by atoms with van der Waals surface area (Å²) in [4.78, 5) is 1.19. The van der Waals surface area contributed by atoms with Crippen molar-refractivity contribution in [3.05, 3.63) is 58.9 Å². The maximum Gasteiger partial charge on any atom is 0.137 e. The SMILES string of the molecule is N#Cc1cc(Cl)ccc1Sc1ccccc1F. The van der Waals surface area contributed by atoms with Crippen LogP contribution in [0.15, 0.2) is 52.3 Å². The third-order valence-electron chi connectivity index (χ3n) is 2.12. The van der Waals surface area contributed by atoms with Crippen molar-refractivity contribution in [3.63, 3.8) is 0 Å². The summed E-state index contributed by atoms with van der Waals surface area (Å²) in [6.07, 6.45) is 0. The van der Waals surface area contributed by atoms with Gasteiger partial charge in [-0.05, 0) is 30.3 Å². The van der Waals surface area contributed by atoms with Gasteiger partial charge in [-0.3, -0.25) is 0 Å². The second-order valence-corrected chi connectivity index (χ2v) is 4.80. The van der Waals surface area contributed by atoms with Gasteiger partial charge < -0.3 is 0 Å². The molecule has 0 aromatic heterocycles. The molecule has 0 aliphatic heterocycles. The minimum Gasteiger partial charge on any atom is -0.206 e. The lowest BCUT2D eigenvalue weighted by Gasteiger charge is -2.05. The molecule has 0 radical (unpaired) electrons. The monoisotopic (exact) mass is 263 g/mol. The molecular weight excluding hydrogens is 257 g/mol. The molecule has 2 aromatic carbocycles. The van der Waals surface area contributed by atoms with E-state index in [0.29, 0.717) is 20.4 Å². The van der Waals surface area contributed by atoms with E-state index in [9.17, 15) is 4.39 Å². The Balaban J connectivity index is 2.37. The van der Waals surface area contributed by atoms with Crippen molar-refractivity contribution in [2.75, 3.05) is 0 Å². The molecule has 0 aliphatic rings. The van der Waals surface area contributed by atoms with E-state index >= 15 is 0 Å². The van der Waals surface area contributed by atoms with Gasteiger partial charge >= 0.3 is 0 Å². The van der Waals surface area contributed by atoms with Gasteiger partial charge in [0.15, 0.2) is 0 Å². The van der Waals surface area contributed by atoms with Gasteiger partial charge in [-0.25, -0.2) is 4.39 Å². The number of nitrogens with zero attached hydrogens (tertiary/aromatic N) is 1. The molecule has 0 spiro atoms. The van der Waals surface area contributed by atoms with Gasteiger partial charge in [0, 0.05) is 14.8 Å². The molecule has 0 N–H and O–H groups in total. The number of hydrogen-bond acceptors (Lipinski definition) is 2. The van der Waals surface area contributed by atoms with Crippen molar-refractivity contribution in [3.8, 4) is 6.07 Å². The Bertz CT molecular complexity index is 592. The average molecular weight is 264 g/mol. The second-order valence-electron chi connectivity index (χ2n) is 3.28. The number of benzene rings is 2. The summed E-state index contributed by atoms with van der Waals surface area (Å²) < 4.78 is 13.5. The molecule has 0 saturated heterocycles. The summed E-state index contributed by atoms with van der Waals surface area (Å²) in [5.74, 6) is -0.295. The zero-order valence-corrected chi connectivity index (χ0v) is 10.2. The molecule has 0 heterocycles. The number of rotatable bonds is 2. The van der Waals surface area contributed by atoms with Crippen LogP contribution in [0.1, 0.15) is 5.56 Å². The first-order chi connectivity index (χ1) is 8.20. The molecular formula is C13H7ClFNS. The predicted molar refractivity (Wildman–Crippen MR) is 66.7 cm³/mol. The van der Waals surface area contributed by atoms with Crippen molar-refractivity contribution >= 4 is 23.4 Å². The van der Waals surface area contributed by atoms with E-state index < -0.39 is 0 Å². The summed E-state index contributed by atoms with van der Waals surface area (Å²) in [7, 11) is 0. The first-order valence-electron chi connectivity index (χ1n) is 4.83. The summed E-state index contributed by atoms with van der Waals surface area (Å²) in [5, 5.41) is 9.47. The largest absolute Gasteiger partial charge is 0.206 e. The number of nitriles is 1. The fourth-order valence-corrected chi connectivity index (χ4v) is 2.40. The molecule has 2 aromatic rings. The van der Waals surface area contributed by atoms with Crippen molar-refractivity contribution in [1.29, 1.82) is 5.26 Å². The summed E-state index contributed by atoms with van der Waals surface area (Å²) in [6, 6.07) is 13.5. The van der Waals surface area contributed by atoms with Crippen molar-refractivity contribution in [1.82, 2.24) is 0 Å². The van der Waals surface area contributed by atoms with Crippen LogP contribution in [0.3, 0.4) is 0 Å². The third-order valence-corrected chi connectivity index (χ3v) is 3.48. The van der Waals surface area contributed by atoms with E-state index in [4.69, 9.17) is 16.9 Å². The smallest absolute Gasteiger partial charge is 0.137 e. The minimum atomic E-state index is -0.295. The normalized spacial score (nSPS) is 9.94. The predicted octanol–water partition coefficient (Wildman–Crippen LogP) is 4.50. The molecule has 0 fully saturated rings. The van der Waals surface area contributed by atoms with Crippen LogP contribution in [0.2, 0.25) is 5.02 Å². The lowest BCUT2D eigenvalue weighted by atomic mass is 10.2. The van der Waals surface area contributed by atoms with Gasteiger partial charge in [0.25, 0.3) is 0 Å². The highest BCUT2D eigenvalue weighted by Crippen LogP contribution is 2.32. The average Bonchev–Trinajstić information content (AvgIpc) is 2.34. The Morgan fingerprint density at radius 3 is 2.59 bits per heavy atom. The Hall–Kier alpha value is -1.50. The molecule has 0 aliphatic carbocycles.